The third-order valence-corrected chi connectivity index (χ3v) is 6.64. The number of carbonyl (C=O) groups is 1. The number of thiazole rings is 1. The Morgan fingerprint density at radius 2 is 1.69 bits per heavy atom. The van der Waals surface area contributed by atoms with Crippen LogP contribution >= 0.6 is 11.3 Å². The van der Waals surface area contributed by atoms with Crippen molar-refractivity contribution >= 4 is 33.3 Å². The first kappa shape index (κ1) is 23.7. The van der Waals surface area contributed by atoms with Crippen LogP contribution in [0.15, 0.2) is 79.0 Å². The lowest BCUT2D eigenvalue weighted by molar-refractivity contribution is 0.102. The van der Waals surface area contributed by atoms with Crippen LogP contribution in [-0.2, 0) is 6.42 Å². The second-order valence-corrected chi connectivity index (χ2v) is 9.19. The maximum Gasteiger partial charge on any atom is 0.274 e. The van der Waals surface area contributed by atoms with Gasteiger partial charge in [-0.1, -0.05) is 53.8 Å². The third-order valence-electron chi connectivity index (χ3n) is 5.63. The van der Waals surface area contributed by atoms with Crippen LogP contribution in [0, 0.1) is 5.92 Å². The highest BCUT2D eigenvalue weighted by Gasteiger charge is 2.18. The van der Waals surface area contributed by atoms with Gasteiger partial charge in [-0.2, -0.15) is 0 Å². The fourth-order valence-corrected chi connectivity index (χ4v) is 4.71. The lowest BCUT2D eigenvalue weighted by atomic mass is 10.0. The molecule has 3 heterocycles. The predicted octanol–water partition coefficient (Wildman–Crippen LogP) is 4.21. The van der Waals surface area contributed by atoms with Gasteiger partial charge in [0.15, 0.2) is 5.82 Å². The van der Waals surface area contributed by atoms with E-state index in [2.05, 4.69) is 25.3 Å². The molecule has 0 saturated heterocycles. The van der Waals surface area contributed by atoms with E-state index in [1.807, 2.05) is 66.7 Å². The quantitative estimate of drug-likeness (QED) is 0.294. The number of pyridine rings is 1. The first-order chi connectivity index (χ1) is 17.6. The molecular weight excluding hydrogens is 474 g/mol. The minimum atomic E-state index is -0.396. The standard InChI is InChI=1S/C27H23N5O3S/c33-15-17(16-34)13-19-14-23(30-24(29-19)18-7-2-1-3-8-18)25(35)31-21-10-5-4-9-20(21)26-32-22-11-6-12-28-27(22)36-26/h1-12,14,17,33-34H,13,15-16H2,(H,31,35). The van der Waals surface area contributed by atoms with Crippen LogP contribution in [0.1, 0.15) is 16.2 Å². The van der Waals surface area contributed by atoms with E-state index in [9.17, 15) is 15.0 Å². The van der Waals surface area contributed by atoms with E-state index < -0.39 is 5.91 Å². The molecule has 0 fully saturated rings. The molecule has 8 nitrogen and oxygen atoms in total. The number of fused-ring (bicyclic) bond motifs is 1. The van der Waals surface area contributed by atoms with Crippen molar-refractivity contribution in [2.45, 2.75) is 6.42 Å². The fraction of sp³-hybridized carbons (Fsp3) is 0.148. The Morgan fingerprint density at radius 1 is 0.917 bits per heavy atom. The summed E-state index contributed by atoms with van der Waals surface area (Å²) in [6.45, 7) is -0.375. The first-order valence-corrected chi connectivity index (χ1v) is 12.2. The number of para-hydroxylation sites is 1. The van der Waals surface area contributed by atoms with Crippen LogP contribution in [0.5, 0.6) is 0 Å². The second kappa shape index (κ2) is 10.7. The molecule has 0 spiro atoms. The van der Waals surface area contributed by atoms with E-state index in [1.165, 1.54) is 11.3 Å². The fourth-order valence-electron chi connectivity index (χ4n) is 3.77. The highest BCUT2D eigenvalue weighted by Crippen LogP contribution is 2.33. The van der Waals surface area contributed by atoms with E-state index in [-0.39, 0.29) is 24.8 Å². The maximum atomic E-state index is 13.4. The number of anilines is 1. The average molecular weight is 498 g/mol. The minimum Gasteiger partial charge on any atom is -0.396 e. The van der Waals surface area contributed by atoms with E-state index >= 15 is 0 Å². The molecule has 0 unspecified atom stereocenters. The molecule has 3 aromatic heterocycles. The number of carbonyl (C=O) groups excluding carboxylic acids is 1. The lowest BCUT2D eigenvalue weighted by Gasteiger charge is -2.13. The first-order valence-electron chi connectivity index (χ1n) is 11.4. The van der Waals surface area contributed by atoms with Crippen LogP contribution in [0.4, 0.5) is 5.69 Å². The van der Waals surface area contributed by atoms with Crippen LogP contribution in [0.25, 0.3) is 32.3 Å². The highest BCUT2D eigenvalue weighted by molar-refractivity contribution is 7.21. The molecule has 9 heteroatoms. The SMILES string of the molecule is O=C(Nc1ccccc1-c1nc2cccnc2s1)c1cc(CC(CO)CO)nc(-c2ccccc2)n1. The molecule has 180 valence electrons. The van der Waals surface area contributed by atoms with Crippen LogP contribution in [0.2, 0.25) is 0 Å². The topological polar surface area (TPSA) is 121 Å². The van der Waals surface area contributed by atoms with Gasteiger partial charge in [-0.05, 0) is 36.8 Å². The van der Waals surface area contributed by atoms with Crippen LogP contribution in [0.3, 0.4) is 0 Å². The number of rotatable bonds is 8. The molecule has 2 aromatic carbocycles. The van der Waals surface area contributed by atoms with Crippen molar-refractivity contribution in [3.63, 3.8) is 0 Å². The summed E-state index contributed by atoms with van der Waals surface area (Å²) in [4.78, 5) is 32.4. The van der Waals surface area contributed by atoms with E-state index in [0.717, 1.165) is 26.5 Å². The molecule has 0 saturated carbocycles. The van der Waals surface area contributed by atoms with Crippen LogP contribution in [-0.4, -0.2) is 49.3 Å². The summed E-state index contributed by atoms with van der Waals surface area (Å²) in [5.41, 5.74) is 3.70. The van der Waals surface area contributed by atoms with Gasteiger partial charge in [0.25, 0.3) is 5.91 Å². The third kappa shape index (κ3) is 5.13. The largest absolute Gasteiger partial charge is 0.396 e. The molecule has 0 aliphatic rings. The zero-order valence-corrected chi connectivity index (χ0v) is 20.0. The van der Waals surface area contributed by atoms with Gasteiger partial charge in [0.2, 0.25) is 0 Å². The summed E-state index contributed by atoms with van der Waals surface area (Å²) >= 11 is 1.45. The molecule has 36 heavy (non-hydrogen) atoms. The zero-order chi connectivity index (χ0) is 24.9. The summed E-state index contributed by atoms with van der Waals surface area (Å²) in [6, 6.07) is 22.2. The van der Waals surface area contributed by atoms with Gasteiger partial charge in [0.1, 0.15) is 21.0 Å². The van der Waals surface area contributed by atoms with E-state index in [1.54, 1.807) is 12.3 Å². The number of hydrogen-bond donors (Lipinski definition) is 3. The highest BCUT2D eigenvalue weighted by atomic mass is 32.1. The Bertz CT molecular complexity index is 1470. The van der Waals surface area contributed by atoms with Crippen molar-refractivity contribution < 1.29 is 15.0 Å². The number of amides is 1. The molecule has 3 N–H and O–H groups in total. The summed E-state index contributed by atoms with van der Waals surface area (Å²) in [5.74, 6) is -0.377. The second-order valence-electron chi connectivity index (χ2n) is 8.22. The molecular formula is C27H23N5O3S. The number of aliphatic hydroxyl groups excluding tert-OH is 2. The molecule has 0 radical (unpaired) electrons. The number of hydrogen-bond acceptors (Lipinski definition) is 8. The van der Waals surface area contributed by atoms with Gasteiger partial charge in [-0.3, -0.25) is 4.79 Å². The molecule has 1 amide bonds. The molecule has 5 aromatic rings. The summed E-state index contributed by atoms with van der Waals surface area (Å²) in [7, 11) is 0. The van der Waals surface area contributed by atoms with Gasteiger partial charge in [-0.25, -0.2) is 19.9 Å². The Morgan fingerprint density at radius 3 is 2.47 bits per heavy atom. The number of aromatic nitrogens is 4. The van der Waals surface area contributed by atoms with Gasteiger partial charge in [0, 0.05) is 42.1 Å². The van der Waals surface area contributed by atoms with E-state index in [0.29, 0.717) is 23.6 Å². The maximum absolute atomic E-state index is 13.4. The lowest BCUT2D eigenvalue weighted by Crippen LogP contribution is -2.18. The van der Waals surface area contributed by atoms with Crippen molar-refractivity contribution in [3.8, 4) is 22.0 Å². The Labute approximate surface area is 211 Å². The van der Waals surface area contributed by atoms with Gasteiger partial charge in [0.05, 0.1) is 5.69 Å². The normalized spacial score (nSPS) is 11.2. The number of aliphatic hydroxyl groups is 2. The summed E-state index contributed by atoms with van der Waals surface area (Å²) < 4.78 is 0. The van der Waals surface area contributed by atoms with Gasteiger partial charge in [-0.15, -0.1) is 0 Å². The van der Waals surface area contributed by atoms with Crippen molar-refractivity contribution in [2.24, 2.45) is 5.92 Å². The summed E-state index contributed by atoms with van der Waals surface area (Å²) in [5, 5.41) is 22.8. The Hall–Kier alpha value is -4.05. The van der Waals surface area contributed by atoms with Gasteiger partial charge < -0.3 is 15.5 Å². The summed E-state index contributed by atoms with van der Waals surface area (Å²) in [6.07, 6.45) is 2.04. The number of benzene rings is 2. The molecule has 0 aliphatic carbocycles. The van der Waals surface area contributed by atoms with Gasteiger partial charge >= 0.3 is 0 Å². The smallest absolute Gasteiger partial charge is 0.274 e. The molecule has 0 atom stereocenters. The van der Waals surface area contributed by atoms with E-state index in [4.69, 9.17) is 0 Å². The monoisotopic (exact) mass is 497 g/mol. The molecule has 0 bridgehead atoms. The zero-order valence-electron chi connectivity index (χ0n) is 19.2. The predicted molar refractivity (Wildman–Crippen MR) is 140 cm³/mol. The minimum absolute atomic E-state index is 0.187. The Kier molecular flexibility index (Phi) is 7.03. The van der Waals surface area contributed by atoms with Crippen molar-refractivity contribution in [3.05, 3.63) is 90.4 Å². The Balaban J connectivity index is 1.49. The molecule has 5 rings (SSSR count). The number of nitrogens with one attached hydrogen (secondary N) is 1. The number of nitrogens with zero attached hydrogens (tertiary/aromatic N) is 4. The van der Waals surface area contributed by atoms with Crippen molar-refractivity contribution in [1.82, 2.24) is 19.9 Å². The molecule has 0 aliphatic heterocycles. The van der Waals surface area contributed by atoms with Crippen molar-refractivity contribution in [2.75, 3.05) is 18.5 Å². The van der Waals surface area contributed by atoms with Crippen LogP contribution < -0.4 is 5.32 Å². The van der Waals surface area contributed by atoms with Crippen molar-refractivity contribution in [1.29, 1.82) is 0 Å². The average Bonchev–Trinajstić information content (AvgIpc) is 3.36.